The van der Waals surface area contributed by atoms with E-state index >= 15 is 0 Å². The largest absolute Gasteiger partial charge is 0.481 e. The van der Waals surface area contributed by atoms with Crippen molar-refractivity contribution in [3.63, 3.8) is 0 Å². The fourth-order valence-electron chi connectivity index (χ4n) is 1.71. The van der Waals surface area contributed by atoms with E-state index in [0.29, 0.717) is 0 Å². The molecule has 1 aliphatic heterocycles. The second-order valence-corrected chi connectivity index (χ2v) is 4.38. The number of carboxylic acid groups (broad SMARTS) is 1. The van der Waals surface area contributed by atoms with Gasteiger partial charge in [-0.1, -0.05) is 0 Å². The van der Waals surface area contributed by atoms with Crippen molar-refractivity contribution >= 4 is 12.0 Å². The van der Waals surface area contributed by atoms with Crippen LogP contribution in [0.4, 0.5) is 22.4 Å². The molecule has 116 valence electrons. The molecule has 0 aliphatic carbocycles. The van der Waals surface area contributed by atoms with E-state index in [-0.39, 0.29) is 13.2 Å². The first-order valence-electron chi connectivity index (χ1n) is 5.64. The van der Waals surface area contributed by atoms with Crippen molar-refractivity contribution in [2.45, 2.75) is 18.4 Å². The van der Waals surface area contributed by atoms with Crippen molar-refractivity contribution < 1.29 is 37.0 Å². The monoisotopic (exact) mass is 302 g/mol. The Bertz CT molecular complexity index is 380. The van der Waals surface area contributed by atoms with Crippen LogP contribution in [0.2, 0.25) is 0 Å². The number of nitrogens with one attached hydrogen (secondary N) is 1. The molecule has 2 amide bonds. The Balaban J connectivity index is 2.57. The Hall–Kier alpha value is -1.58. The maximum atomic E-state index is 12.7. The van der Waals surface area contributed by atoms with Crippen LogP contribution in [0.3, 0.4) is 0 Å². The molecule has 0 radical (unpaired) electrons. The van der Waals surface area contributed by atoms with E-state index in [1.807, 2.05) is 0 Å². The van der Waals surface area contributed by atoms with E-state index in [0.717, 1.165) is 4.90 Å². The van der Waals surface area contributed by atoms with Crippen LogP contribution in [0.25, 0.3) is 0 Å². The Morgan fingerprint density at radius 3 is 2.55 bits per heavy atom. The number of carbonyl (C=O) groups excluding carboxylic acids is 1. The highest BCUT2D eigenvalue weighted by Crippen LogP contribution is 2.22. The standard InChI is InChI=1S/C10H14F4N2O4/c1-16(6-3-20-2-5(6)7(17)18)9(19)15-4-10(13,14)8(11)12/h5-6,8H,2-4H2,1H3,(H,15,19)(H,17,18). The smallest absolute Gasteiger partial charge is 0.324 e. The van der Waals surface area contributed by atoms with E-state index in [1.165, 1.54) is 7.05 Å². The molecule has 2 unspecified atom stereocenters. The summed E-state index contributed by atoms with van der Waals surface area (Å²) in [5, 5.41) is 10.5. The molecule has 0 bridgehead atoms. The molecular weight excluding hydrogens is 288 g/mol. The molecule has 1 saturated heterocycles. The summed E-state index contributed by atoms with van der Waals surface area (Å²) < 4.78 is 54.1. The zero-order chi connectivity index (χ0) is 15.5. The van der Waals surface area contributed by atoms with E-state index < -0.39 is 42.9 Å². The van der Waals surface area contributed by atoms with Crippen molar-refractivity contribution in [3.8, 4) is 0 Å². The second kappa shape index (κ2) is 6.25. The van der Waals surface area contributed by atoms with Crippen molar-refractivity contribution in [3.05, 3.63) is 0 Å². The summed E-state index contributed by atoms with van der Waals surface area (Å²) in [6.07, 6.45) is -3.89. The van der Waals surface area contributed by atoms with Gasteiger partial charge in [-0.2, -0.15) is 8.78 Å². The van der Waals surface area contributed by atoms with Gasteiger partial charge in [0.2, 0.25) is 0 Å². The molecule has 20 heavy (non-hydrogen) atoms. The fraction of sp³-hybridized carbons (Fsp3) is 0.800. The third kappa shape index (κ3) is 3.71. The van der Waals surface area contributed by atoms with Gasteiger partial charge in [0, 0.05) is 7.05 Å². The maximum Gasteiger partial charge on any atom is 0.324 e. The molecule has 0 aromatic heterocycles. The number of alkyl halides is 4. The summed E-state index contributed by atoms with van der Waals surface area (Å²) in [6, 6.07) is -1.90. The van der Waals surface area contributed by atoms with Crippen LogP contribution >= 0.6 is 0 Å². The number of hydrogen-bond donors (Lipinski definition) is 2. The average molecular weight is 302 g/mol. The highest BCUT2D eigenvalue weighted by Gasteiger charge is 2.42. The number of carboxylic acids is 1. The van der Waals surface area contributed by atoms with Crippen LogP contribution in [0.15, 0.2) is 0 Å². The predicted octanol–water partition coefficient (Wildman–Crippen LogP) is 0.628. The Morgan fingerprint density at radius 1 is 1.45 bits per heavy atom. The third-order valence-electron chi connectivity index (χ3n) is 2.98. The van der Waals surface area contributed by atoms with E-state index in [1.54, 1.807) is 5.32 Å². The fourth-order valence-corrected chi connectivity index (χ4v) is 1.71. The van der Waals surface area contributed by atoms with Gasteiger partial charge in [-0.3, -0.25) is 4.79 Å². The number of hydrogen-bond acceptors (Lipinski definition) is 3. The first-order chi connectivity index (χ1) is 9.16. The average Bonchev–Trinajstić information content (AvgIpc) is 2.84. The van der Waals surface area contributed by atoms with E-state index in [4.69, 9.17) is 9.84 Å². The molecule has 0 aromatic rings. The number of nitrogens with zero attached hydrogens (tertiary/aromatic N) is 1. The summed E-state index contributed by atoms with van der Waals surface area (Å²) >= 11 is 0. The molecule has 1 heterocycles. The minimum atomic E-state index is -4.34. The molecule has 2 atom stereocenters. The summed E-state index contributed by atoms with van der Waals surface area (Å²) in [5.41, 5.74) is 0. The zero-order valence-corrected chi connectivity index (χ0v) is 10.5. The molecule has 1 rings (SSSR count). The Morgan fingerprint density at radius 2 is 2.05 bits per heavy atom. The highest BCUT2D eigenvalue weighted by atomic mass is 19.3. The van der Waals surface area contributed by atoms with Gasteiger partial charge >= 0.3 is 24.3 Å². The minimum Gasteiger partial charge on any atom is -0.481 e. The molecule has 2 N–H and O–H groups in total. The number of ether oxygens (including phenoxy) is 1. The van der Waals surface area contributed by atoms with Crippen molar-refractivity contribution in [1.82, 2.24) is 10.2 Å². The zero-order valence-electron chi connectivity index (χ0n) is 10.5. The second-order valence-electron chi connectivity index (χ2n) is 4.38. The molecule has 1 aliphatic rings. The van der Waals surface area contributed by atoms with Crippen LogP contribution in [-0.4, -0.2) is 67.2 Å². The molecule has 6 nitrogen and oxygen atoms in total. The summed E-state index contributed by atoms with van der Waals surface area (Å²) in [7, 11) is 1.19. The van der Waals surface area contributed by atoms with Gasteiger partial charge in [-0.15, -0.1) is 0 Å². The van der Waals surface area contributed by atoms with Crippen LogP contribution < -0.4 is 5.32 Å². The number of likely N-dealkylation sites (N-methyl/N-ethyl adjacent to an activating group) is 1. The first kappa shape index (κ1) is 16.5. The molecule has 0 spiro atoms. The Kier molecular flexibility index (Phi) is 5.15. The minimum absolute atomic E-state index is 0.0634. The van der Waals surface area contributed by atoms with Crippen molar-refractivity contribution in [2.24, 2.45) is 5.92 Å². The first-order valence-corrected chi connectivity index (χ1v) is 5.64. The topological polar surface area (TPSA) is 78.9 Å². The highest BCUT2D eigenvalue weighted by molar-refractivity contribution is 5.77. The van der Waals surface area contributed by atoms with Crippen LogP contribution in [0, 0.1) is 5.92 Å². The number of halogens is 4. The predicted molar refractivity (Wildman–Crippen MR) is 57.8 cm³/mol. The van der Waals surface area contributed by atoms with Crippen molar-refractivity contribution in [1.29, 1.82) is 0 Å². The number of rotatable bonds is 5. The van der Waals surface area contributed by atoms with Crippen LogP contribution in [0.5, 0.6) is 0 Å². The van der Waals surface area contributed by atoms with E-state index in [2.05, 4.69) is 0 Å². The lowest BCUT2D eigenvalue weighted by Gasteiger charge is -2.27. The molecule has 0 saturated carbocycles. The van der Waals surface area contributed by atoms with Crippen LogP contribution in [-0.2, 0) is 9.53 Å². The van der Waals surface area contributed by atoms with Crippen molar-refractivity contribution in [2.75, 3.05) is 26.8 Å². The van der Waals surface area contributed by atoms with Gasteiger partial charge in [-0.05, 0) is 0 Å². The lowest BCUT2D eigenvalue weighted by Crippen LogP contribution is -2.51. The maximum absolute atomic E-state index is 12.7. The number of carbonyl (C=O) groups is 2. The van der Waals surface area contributed by atoms with Gasteiger partial charge in [0.25, 0.3) is 0 Å². The third-order valence-corrected chi connectivity index (χ3v) is 2.98. The van der Waals surface area contributed by atoms with Gasteiger partial charge in [-0.25, -0.2) is 13.6 Å². The van der Waals surface area contributed by atoms with Gasteiger partial charge < -0.3 is 20.1 Å². The van der Waals surface area contributed by atoms with Crippen LogP contribution in [0.1, 0.15) is 0 Å². The molecule has 1 fully saturated rings. The SMILES string of the molecule is CN(C(=O)NCC(F)(F)C(F)F)C1COCC1C(=O)O. The van der Waals surface area contributed by atoms with Gasteiger partial charge in [0.05, 0.1) is 25.8 Å². The quantitative estimate of drug-likeness (QED) is 0.730. The summed E-state index contributed by atoms with van der Waals surface area (Å²) in [4.78, 5) is 23.3. The molecule has 10 heteroatoms. The lowest BCUT2D eigenvalue weighted by atomic mass is 10.0. The van der Waals surface area contributed by atoms with E-state index in [9.17, 15) is 27.2 Å². The summed E-state index contributed by atoms with van der Waals surface area (Å²) in [5.74, 6) is -6.51. The summed E-state index contributed by atoms with van der Waals surface area (Å²) in [6.45, 7) is -1.70. The van der Waals surface area contributed by atoms with Gasteiger partial charge in [0.1, 0.15) is 5.92 Å². The lowest BCUT2D eigenvalue weighted by molar-refractivity contribution is -0.142. The number of amides is 2. The number of urea groups is 1. The van der Waals surface area contributed by atoms with Gasteiger partial charge in [0.15, 0.2) is 0 Å². The normalized spacial score (nSPS) is 22.9. The number of aliphatic carboxylic acids is 1. The Labute approximate surface area is 111 Å². The molecular formula is C10H14F4N2O4. The molecule has 0 aromatic carbocycles.